The molecule has 1 aliphatic rings. The average Bonchev–Trinajstić information content (AvgIpc) is 3.12. The van der Waals surface area contributed by atoms with Gasteiger partial charge in [0.1, 0.15) is 0 Å². The van der Waals surface area contributed by atoms with E-state index >= 15 is 0 Å². The van der Waals surface area contributed by atoms with Crippen molar-refractivity contribution in [1.29, 1.82) is 0 Å². The molecule has 0 spiro atoms. The number of amides is 4. The fourth-order valence-electron chi connectivity index (χ4n) is 3.40. The van der Waals surface area contributed by atoms with Gasteiger partial charge in [-0.05, 0) is 62.4 Å². The highest BCUT2D eigenvalue weighted by atomic mass is 16.2. The van der Waals surface area contributed by atoms with Gasteiger partial charge in [-0.25, -0.2) is 0 Å². The summed E-state index contributed by atoms with van der Waals surface area (Å²) in [6.45, 7) is 5.71. The molecule has 2 aromatic carbocycles. The Bertz CT molecular complexity index is 984. The maximum absolute atomic E-state index is 12.5. The minimum Gasteiger partial charge on any atom is -0.339 e. The monoisotopic (exact) mass is 422 g/mol. The highest BCUT2D eigenvalue weighted by Gasteiger charge is 2.35. The summed E-state index contributed by atoms with van der Waals surface area (Å²) < 4.78 is 0. The lowest BCUT2D eigenvalue weighted by atomic mass is 10.1. The van der Waals surface area contributed by atoms with Gasteiger partial charge < -0.3 is 20.9 Å². The molecule has 8 nitrogen and oxygen atoms in total. The van der Waals surface area contributed by atoms with Gasteiger partial charge in [0.05, 0.1) is 5.92 Å². The van der Waals surface area contributed by atoms with Crippen molar-refractivity contribution in [2.45, 2.75) is 33.2 Å². The van der Waals surface area contributed by atoms with E-state index in [1.807, 2.05) is 13.8 Å². The molecule has 31 heavy (non-hydrogen) atoms. The van der Waals surface area contributed by atoms with Crippen molar-refractivity contribution in [3.05, 3.63) is 54.1 Å². The lowest BCUT2D eigenvalue weighted by Gasteiger charge is -2.20. The lowest BCUT2D eigenvalue weighted by Crippen LogP contribution is -2.33. The van der Waals surface area contributed by atoms with Gasteiger partial charge in [0.2, 0.25) is 17.7 Å². The van der Waals surface area contributed by atoms with E-state index in [9.17, 15) is 19.2 Å². The first-order valence-corrected chi connectivity index (χ1v) is 10.1. The molecule has 0 aliphatic carbocycles. The lowest BCUT2D eigenvalue weighted by molar-refractivity contribution is -0.129. The zero-order valence-corrected chi connectivity index (χ0v) is 17.8. The normalized spacial score (nSPS) is 15.7. The Hall–Kier alpha value is -3.68. The molecule has 1 fully saturated rings. The Morgan fingerprint density at radius 2 is 1.39 bits per heavy atom. The first kappa shape index (κ1) is 22.0. The Labute approximate surface area is 181 Å². The van der Waals surface area contributed by atoms with Crippen LogP contribution in [-0.2, 0) is 14.4 Å². The molecule has 3 N–H and O–H groups in total. The first-order chi connectivity index (χ1) is 14.7. The van der Waals surface area contributed by atoms with Gasteiger partial charge in [-0.2, -0.15) is 0 Å². The van der Waals surface area contributed by atoms with Crippen molar-refractivity contribution >= 4 is 40.7 Å². The van der Waals surface area contributed by atoms with Crippen molar-refractivity contribution in [3.63, 3.8) is 0 Å². The van der Waals surface area contributed by atoms with Gasteiger partial charge >= 0.3 is 0 Å². The van der Waals surface area contributed by atoms with Crippen molar-refractivity contribution in [2.24, 2.45) is 5.92 Å². The van der Waals surface area contributed by atoms with Crippen molar-refractivity contribution in [3.8, 4) is 0 Å². The molecule has 1 saturated heterocycles. The van der Waals surface area contributed by atoms with Gasteiger partial charge in [-0.15, -0.1) is 0 Å². The number of carbonyl (C=O) groups is 4. The molecule has 1 unspecified atom stereocenters. The number of carbonyl (C=O) groups excluding carboxylic acids is 4. The number of hydrogen-bond acceptors (Lipinski definition) is 4. The molecule has 3 rings (SSSR count). The number of nitrogens with zero attached hydrogens (tertiary/aromatic N) is 1. The standard InChI is InChI=1S/C23H26N4O4/c1-14(2)27-13-17(12-21(27)29)23(31)26-19-6-4-16(5-7-19)22(30)25-20-10-8-18(9-11-20)24-15(3)28/h4-11,14,17H,12-13H2,1-3H3,(H,24,28)(H,25,30)(H,26,31). The average molecular weight is 422 g/mol. The van der Waals surface area contributed by atoms with Crippen LogP contribution in [0.1, 0.15) is 37.6 Å². The molecule has 1 atom stereocenters. The van der Waals surface area contributed by atoms with Gasteiger partial charge in [0, 0.05) is 48.6 Å². The Kier molecular flexibility index (Phi) is 6.69. The second-order valence-electron chi connectivity index (χ2n) is 7.82. The third-order valence-electron chi connectivity index (χ3n) is 5.03. The van der Waals surface area contributed by atoms with E-state index in [0.717, 1.165) is 0 Å². The summed E-state index contributed by atoms with van der Waals surface area (Å²) in [5.74, 6) is -1.04. The molecule has 0 aromatic heterocycles. The summed E-state index contributed by atoms with van der Waals surface area (Å²) >= 11 is 0. The minimum absolute atomic E-state index is 0.00715. The molecule has 1 aliphatic heterocycles. The van der Waals surface area contributed by atoms with Crippen LogP contribution in [0.3, 0.4) is 0 Å². The number of anilines is 3. The quantitative estimate of drug-likeness (QED) is 0.665. The van der Waals surface area contributed by atoms with Gasteiger partial charge in [-0.3, -0.25) is 19.2 Å². The maximum atomic E-state index is 12.5. The molecular formula is C23H26N4O4. The Balaban J connectivity index is 1.56. The van der Waals surface area contributed by atoms with E-state index in [1.165, 1.54) is 6.92 Å². The Morgan fingerprint density at radius 1 is 0.871 bits per heavy atom. The van der Waals surface area contributed by atoms with Crippen LogP contribution >= 0.6 is 0 Å². The molecule has 0 radical (unpaired) electrons. The van der Waals surface area contributed by atoms with Crippen molar-refractivity contribution in [2.75, 3.05) is 22.5 Å². The first-order valence-electron chi connectivity index (χ1n) is 10.1. The number of benzene rings is 2. The van der Waals surface area contributed by atoms with E-state index in [2.05, 4.69) is 16.0 Å². The SMILES string of the molecule is CC(=O)Nc1ccc(NC(=O)c2ccc(NC(=O)C3CC(=O)N(C(C)C)C3)cc2)cc1. The van der Waals surface area contributed by atoms with Crippen LogP contribution in [-0.4, -0.2) is 41.1 Å². The van der Waals surface area contributed by atoms with Crippen LogP contribution in [0.25, 0.3) is 0 Å². The van der Waals surface area contributed by atoms with Gasteiger partial charge in [0.25, 0.3) is 5.91 Å². The zero-order chi connectivity index (χ0) is 22.5. The second kappa shape index (κ2) is 9.42. The molecule has 0 saturated carbocycles. The largest absolute Gasteiger partial charge is 0.339 e. The van der Waals surface area contributed by atoms with Gasteiger partial charge in [0.15, 0.2) is 0 Å². The third-order valence-corrected chi connectivity index (χ3v) is 5.03. The maximum Gasteiger partial charge on any atom is 0.255 e. The number of hydrogen-bond donors (Lipinski definition) is 3. The van der Waals surface area contributed by atoms with Crippen molar-refractivity contribution < 1.29 is 19.2 Å². The van der Waals surface area contributed by atoms with E-state index in [4.69, 9.17) is 0 Å². The Morgan fingerprint density at radius 3 is 1.90 bits per heavy atom. The van der Waals surface area contributed by atoms with Crippen LogP contribution in [0.2, 0.25) is 0 Å². The number of rotatable bonds is 6. The third kappa shape index (κ3) is 5.69. The summed E-state index contributed by atoms with van der Waals surface area (Å²) in [4.78, 5) is 49.7. The summed E-state index contributed by atoms with van der Waals surface area (Å²) in [7, 11) is 0. The van der Waals surface area contributed by atoms with Crippen molar-refractivity contribution in [1.82, 2.24) is 4.90 Å². The molecule has 2 aromatic rings. The summed E-state index contributed by atoms with van der Waals surface area (Å²) in [6.07, 6.45) is 0.214. The highest BCUT2D eigenvalue weighted by Crippen LogP contribution is 2.22. The predicted octanol–water partition coefficient (Wildman–Crippen LogP) is 3.09. The van der Waals surface area contributed by atoms with Crippen LogP contribution < -0.4 is 16.0 Å². The van der Waals surface area contributed by atoms with E-state index in [1.54, 1.807) is 53.4 Å². The fourth-order valence-corrected chi connectivity index (χ4v) is 3.40. The second-order valence-corrected chi connectivity index (χ2v) is 7.82. The topological polar surface area (TPSA) is 108 Å². The van der Waals surface area contributed by atoms with Crippen LogP contribution in [0.5, 0.6) is 0 Å². The predicted molar refractivity (Wildman–Crippen MR) is 119 cm³/mol. The van der Waals surface area contributed by atoms with Crippen LogP contribution in [0.15, 0.2) is 48.5 Å². The van der Waals surface area contributed by atoms with E-state index in [0.29, 0.717) is 29.2 Å². The molecule has 1 heterocycles. The van der Waals surface area contributed by atoms with Crippen LogP contribution in [0.4, 0.5) is 17.1 Å². The van der Waals surface area contributed by atoms with E-state index in [-0.39, 0.29) is 42.0 Å². The highest BCUT2D eigenvalue weighted by molar-refractivity contribution is 6.05. The molecule has 162 valence electrons. The molecule has 8 heteroatoms. The fraction of sp³-hybridized carbons (Fsp3) is 0.304. The number of likely N-dealkylation sites (tertiary alicyclic amines) is 1. The zero-order valence-electron chi connectivity index (χ0n) is 17.8. The number of nitrogens with one attached hydrogen (secondary N) is 3. The summed E-state index contributed by atoms with van der Waals surface area (Å²) in [5, 5.41) is 8.26. The summed E-state index contributed by atoms with van der Waals surface area (Å²) in [5.41, 5.74) is 2.24. The van der Waals surface area contributed by atoms with E-state index < -0.39 is 0 Å². The smallest absolute Gasteiger partial charge is 0.255 e. The molecular weight excluding hydrogens is 396 g/mol. The minimum atomic E-state index is -0.377. The van der Waals surface area contributed by atoms with Crippen LogP contribution in [0, 0.1) is 5.92 Å². The molecule has 0 bridgehead atoms. The molecule has 4 amide bonds. The van der Waals surface area contributed by atoms with Gasteiger partial charge in [-0.1, -0.05) is 0 Å². The summed E-state index contributed by atoms with van der Waals surface area (Å²) in [6, 6.07) is 13.4.